The Morgan fingerprint density at radius 1 is 1.04 bits per heavy atom. The van der Waals surface area contributed by atoms with Crippen LogP contribution in [0.1, 0.15) is 12.8 Å². The van der Waals surface area contributed by atoms with E-state index >= 15 is 0 Å². The standard InChI is InChI=1S/C19H20N6OS/c26-18-12-20-5-8-25(18)17-9-15-14(11-22-17)23-19(27-15)13-3-4-16(21-10-13)24-6-1-2-7-24/h3-4,9-11,20H,1-2,5-8,12H2. The summed E-state index contributed by atoms with van der Waals surface area (Å²) in [5.41, 5.74) is 1.86. The summed E-state index contributed by atoms with van der Waals surface area (Å²) in [6.07, 6.45) is 6.14. The van der Waals surface area contributed by atoms with Gasteiger partial charge in [0.25, 0.3) is 0 Å². The van der Waals surface area contributed by atoms with Crippen LogP contribution in [-0.2, 0) is 4.79 Å². The zero-order valence-electron chi connectivity index (χ0n) is 14.9. The summed E-state index contributed by atoms with van der Waals surface area (Å²) in [5.74, 6) is 1.80. The highest BCUT2D eigenvalue weighted by molar-refractivity contribution is 7.21. The summed E-state index contributed by atoms with van der Waals surface area (Å²) in [7, 11) is 0. The molecule has 3 aromatic heterocycles. The highest BCUT2D eigenvalue weighted by Crippen LogP contribution is 2.32. The fourth-order valence-corrected chi connectivity index (χ4v) is 4.55. The lowest BCUT2D eigenvalue weighted by Gasteiger charge is -2.26. The van der Waals surface area contributed by atoms with Gasteiger partial charge in [0.05, 0.1) is 17.4 Å². The first-order valence-electron chi connectivity index (χ1n) is 9.27. The molecule has 0 saturated carbocycles. The molecule has 0 aromatic carbocycles. The molecule has 2 aliphatic rings. The number of hydrogen-bond acceptors (Lipinski definition) is 7. The van der Waals surface area contributed by atoms with Gasteiger partial charge in [0.2, 0.25) is 5.91 Å². The molecule has 2 fully saturated rings. The molecule has 2 aliphatic heterocycles. The number of carbonyl (C=O) groups excluding carboxylic acids is 1. The summed E-state index contributed by atoms with van der Waals surface area (Å²) in [4.78, 5) is 29.9. The van der Waals surface area contributed by atoms with Gasteiger partial charge in [-0.05, 0) is 25.0 Å². The van der Waals surface area contributed by atoms with E-state index in [1.54, 1.807) is 22.4 Å². The molecule has 27 heavy (non-hydrogen) atoms. The molecule has 0 atom stereocenters. The Kier molecular flexibility index (Phi) is 4.21. The normalized spacial score (nSPS) is 17.9. The van der Waals surface area contributed by atoms with Gasteiger partial charge >= 0.3 is 0 Å². The number of nitrogens with zero attached hydrogens (tertiary/aromatic N) is 5. The van der Waals surface area contributed by atoms with Gasteiger partial charge in [0.1, 0.15) is 22.2 Å². The number of nitrogens with one attached hydrogen (secondary N) is 1. The van der Waals surface area contributed by atoms with E-state index in [4.69, 9.17) is 4.98 Å². The zero-order valence-corrected chi connectivity index (χ0v) is 15.7. The molecule has 0 aliphatic carbocycles. The van der Waals surface area contributed by atoms with E-state index in [0.29, 0.717) is 18.9 Å². The van der Waals surface area contributed by atoms with Crippen LogP contribution in [0.5, 0.6) is 0 Å². The van der Waals surface area contributed by atoms with Gasteiger partial charge in [0.15, 0.2) is 0 Å². The minimum absolute atomic E-state index is 0.0551. The number of piperazine rings is 1. The van der Waals surface area contributed by atoms with Gasteiger partial charge in [0, 0.05) is 44.0 Å². The molecular formula is C19H20N6OS. The molecule has 1 N–H and O–H groups in total. The maximum atomic E-state index is 12.1. The Labute approximate surface area is 161 Å². The van der Waals surface area contributed by atoms with Gasteiger partial charge < -0.3 is 10.2 Å². The van der Waals surface area contributed by atoms with Crippen LogP contribution in [0.4, 0.5) is 11.6 Å². The molecule has 3 aromatic rings. The van der Waals surface area contributed by atoms with Gasteiger partial charge in [-0.15, -0.1) is 11.3 Å². The number of rotatable bonds is 3. The quantitative estimate of drug-likeness (QED) is 0.752. The molecule has 5 heterocycles. The third-order valence-corrected chi connectivity index (χ3v) is 6.12. The summed E-state index contributed by atoms with van der Waals surface area (Å²) in [6.45, 7) is 3.97. The summed E-state index contributed by atoms with van der Waals surface area (Å²) in [5, 5.41) is 4.01. The summed E-state index contributed by atoms with van der Waals surface area (Å²) >= 11 is 1.61. The first-order chi connectivity index (χ1) is 13.3. The van der Waals surface area contributed by atoms with Crippen molar-refractivity contribution in [3.05, 3.63) is 30.6 Å². The van der Waals surface area contributed by atoms with Gasteiger partial charge in [-0.3, -0.25) is 9.69 Å². The van der Waals surface area contributed by atoms with Gasteiger partial charge in [-0.25, -0.2) is 15.0 Å². The lowest BCUT2D eigenvalue weighted by atomic mass is 10.3. The van der Waals surface area contributed by atoms with E-state index in [-0.39, 0.29) is 5.91 Å². The van der Waals surface area contributed by atoms with Crippen LogP contribution in [0.2, 0.25) is 0 Å². The van der Waals surface area contributed by atoms with Gasteiger partial charge in [-0.1, -0.05) is 0 Å². The number of aromatic nitrogens is 3. The topological polar surface area (TPSA) is 74.2 Å². The Morgan fingerprint density at radius 2 is 1.89 bits per heavy atom. The summed E-state index contributed by atoms with van der Waals surface area (Å²) < 4.78 is 1.03. The van der Waals surface area contributed by atoms with Crippen molar-refractivity contribution in [1.29, 1.82) is 0 Å². The van der Waals surface area contributed by atoms with E-state index in [1.807, 2.05) is 12.3 Å². The molecule has 8 heteroatoms. The molecule has 5 rings (SSSR count). The highest BCUT2D eigenvalue weighted by atomic mass is 32.1. The van der Waals surface area contributed by atoms with Crippen LogP contribution in [0.25, 0.3) is 20.8 Å². The van der Waals surface area contributed by atoms with Gasteiger partial charge in [-0.2, -0.15) is 0 Å². The van der Waals surface area contributed by atoms with Crippen molar-refractivity contribution in [2.45, 2.75) is 12.8 Å². The third kappa shape index (κ3) is 3.15. The smallest absolute Gasteiger partial charge is 0.242 e. The van der Waals surface area contributed by atoms with Crippen molar-refractivity contribution in [2.75, 3.05) is 42.5 Å². The molecule has 7 nitrogen and oxygen atoms in total. The molecule has 0 unspecified atom stereocenters. The maximum absolute atomic E-state index is 12.1. The Balaban J connectivity index is 1.43. The second kappa shape index (κ2) is 6.86. The number of thiazole rings is 1. The second-order valence-corrected chi connectivity index (χ2v) is 7.88. The zero-order chi connectivity index (χ0) is 18.2. The number of fused-ring (bicyclic) bond motifs is 1. The number of hydrogen-bond donors (Lipinski definition) is 1. The van der Waals surface area contributed by atoms with Crippen molar-refractivity contribution in [3.63, 3.8) is 0 Å². The number of carbonyl (C=O) groups is 1. The van der Waals surface area contributed by atoms with Crippen LogP contribution >= 0.6 is 11.3 Å². The Morgan fingerprint density at radius 3 is 2.67 bits per heavy atom. The molecule has 0 spiro atoms. The molecule has 0 bridgehead atoms. The van der Waals surface area contributed by atoms with Crippen LogP contribution in [0, 0.1) is 0 Å². The maximum Gasteiger partial charge on any atom is 0.242 e. The minimum Gasteiger partial charge on any atom is -0.357 e. The predicted octanol–water partition coefficient (Wildman–Crippen LogP) is 2.29. The van der Waals surface area contributed by atoms with E-state index in [9.17, 15) is 4.79 Å². The van der Waals surface area contributed by atoms with Crippen molar-refractivity contribution >= 4 is 39.1 Å². The number of anilines is 2. The van der Waals surface area contributed by atoms with E-state index in [0.717, 1.165) is 46.2 Å². The van der Waals surface area contributed by atoms with Crippen molar-refractivity contribution in [2.24, 2.45) is 0 Å². The van der Waals surface area contributed by atoms with E-state index in [2.05, 4.69) is 32.3 Å². The molecular weight excluding hydrogens is 360 g/mol. The highest BCUT2D eigenvalue weighted by Gasteiger charge is 2.21. The lowest BCUT2D eigenvalue weighted by molar-refractivity contribution is -0.118. The van der Waals surface area contributed by atoms with Crippen LogP contribution in [0.3, 0.4) is 0 Å². The second-order valence-electron chi connectivity index (χ2n) is 6.85. The molecule has 2 saturated heterocycles. The Hall–Kier alpha value is -2.58. The van der Waals surface area contributed by atoms with Crippen molar-refractivity contribution < 1.29 is 4.79 Å². The van der Waals surface area contributed by atoms with E-state index in [1.165, 1.54) is 12.8 Å². The minimum atomic E-state index is 0.0551. The van der Waals surface area contributed by atoms with Crippen LogP contribution in [-0.4, -0.2) is 53.6 Å². The van der Waals surface area contributed by atoms with Crippen LogP contribution in [0.15, 0.2) is 30.6 Å². The molecule has 0 radical (unpaired) electrons. The van der Waals surface area contributed by atoms with Crippen molar-refractivity contribution in [1.82, 2.24) is 20.3 Å². The van der Waals surface area contributed by atoms with Crippen molar-refractivity contribution in [3.8, 4) is 10.6 Å². The fourth-order valence-electron chi connectivity index (χ4n) is 3.59. The lowest BCUT2D eigenvalue weighted by Crippen LogP contribution is -2.48. The van der Waals surface area contributed by atoms with E-state index < -0.39 is 0 Å². The average molecular weight is 380 g/mol. The molecule has 1 amide bonds. The first-order valence-corrected chi connectivity index (χ1v) is 10.1. The SMILES string of the molecule is O=C1CNCCN1c1cc2sc(-c3ccc(N4CCCC4)nc3)nc2cn1. The summed E-state index contributed by atoms with van der Waals surface area (Å²) in [6, 6.07) is 6.13. The third-order valence-electron chi connectivity index (χ3n) is 5.05. The average Bonchev–Trinajstić information content (AvgIpc) is 3.38. The predicted molar refractivity (Wildman–Crippen MR) is 107 cm³/mol. The fraction of sp³-hybridized carbons (Fsp3) is 0.368. The number of pyridine rings is 2. The molecule has 138 valence electrons. The number of amides is 1. The largest absolute Gasteiger partial charge is 0.357 e. The first kappa shape index (κ1) is 16.6. The Bertz CT molecular complexity index is 980. The van der Waals surface area contributed by atoms with Crippen LogP contribution < -0.4 is 15.1 Å². The monoisotopic (exact) mass is 380 g/mol.